The summed E-state index contributed by atoms with van der Waals surface area (Å²) in [4.78, 5) is 9.47. The highest BCUT2D eigenvalue weighted by molar-refractivity contribution is 7.89. The molecule has 0 spiro atoms. The number of sulfonamides is 1. The van der Waals surface area contributed by atoms with Gasteiger partial charge in [-0.25, -0.2) is 12.7 Å². The zero-order valence-corrected chi connectivity index (χ0v) is 20.3. The minimum Gasteiger partial charge on any atom is -0.459 e. The minimum absolute atomic E-state index is 0.00503. The third kappa shape index (κ3) is 4.94. The van der Waals surface area contributed by atoms with Crippen LogP contribution in [0.3, 0.4) is 0 Å². The van der Waals surface area contributed by atoms with Crippen molar-refractivity contribution in [2.75, 3.05) is 32.5 Å². The summed E-state index contributed by atoms with van der Waals surface area (Å²) in [6, 6.07) is 7.22. The standard InChI is InChI=1S/C22H31N7O3S/c1-15(2)18-14-25-29-20(18)26-22(32-17-9-7-11-23-13-17)27-21(29)24-12-16-8-5-6-10-19(16)33(30,31)28(3)4/h5-6,8,10,14-15,17,23H,7,9,11-13H2,1-4H3,(H,24,26,27). The van der Waals surface area contributed by atoms with Gasteiger partial charge in [-0.3, -0.25) is 0 Å². The maximum absolute atomic E-state index is 12.8. The zero-order valence-electron chi connectivity index (χ0n) is 19.4. The van der Waals surface area contributed by atoms with Crippen molar-refractivity contribution in [1.29, 1.82) is 0 Å². The summed E-state index contributed by atoms with van der Waals surface area (Å²) in [5.41, 5.74) is 2.30. The normalized spacial score (nSPS) is 17.1. The van der Waals surface area contributed by atoms with E-state index in [0.717, 1.165) is 31.5 Å². The van der Waals surface area contributed by atoms with Crippen molar-refractivity contribution in [3.63, 3.8) is 0 Å². The predicted octanol–water partition coefficient (Wildman–Crippen LogP) is 2.24. The summed E-state index contributed by atoms with van der Waals surface area (Å²) in [6.07, 6.45) is 3.77. The van der Waals surface area contributed by atoms with Gasteiger partial charge >= 0.3 is 6.01 Å². The molecule has 0 amide bonds. The lowest BCUT2D eigenvalue weighted by molar-refractivity contribution is 0.153. The Balaban J connectivity index is 1.68. The fourth-order valence-electron chi connectivity index (χ4n) is 3.79. The zero-order chi connectivity index (χ0) is 23.6. The Kier molecular flexibility index (Phi) is 6.82. The average Bonchev–Trinajstić information content (AvgIpc) is 3.22. The van der Waals surface area contributed by atoms with Crippen LogP contribution in [0.25, 0.3) is 5.65 Å². The monoisotopic (exact) mass is 473 g/mol. The van der Waals surface area contributed by atoms with Crippen LogP contribution in [-0.2, 0) is 16.6 Å². The summed E-state index contributed by atoms with van der Waals surface area (Å²) >= 11 is 0. The lowest BCUT2D eigenvalue weighted by atomic mass is 10.1. The molecule has 0 saturated carbocycles. The maximum atomic E-state index is 12.8. The van der Waals surface area contributed by atoms with Gasteiger partial charge in [0.15, 0.2) is 5.65 Å². The Hall–Kier alpha value is -2.76. The van der Waals surface area contributed by atoms with Crippen LogP contribution in [0.1, 0.15) is 43.7 Å². The van der Waals surface area contributed by atoms with Crippen molar-refractivity contribution in [2.45, 2.75) is 50.2 Å². The van der Waals surface area contributed by atoms with Crippen LogP contribution in [0.15, 0.2) is 35.4 Å². The van der Waals surface area contributed by atoms with E-state index in [0.29, 0.717) is 17.2 Å². The first-order valence-electron chi connectivity index (χ1n) is 11.1. The number of ether oxygens (including phenoxy) is 1. The summed E-state index contributed by atoms with van der Waals surface area (Å²) in [5.74, 6) is 0.670. The van der Waals surface area contributed by atoms with E-state index in [9.17, 15) is 8.42 Å². The van der Waals surface area contributed by atoms with Gasteiger partial charge in [0.05, 0.1) is 11.1 Å². The highest BCUT2D eigenvalue weighted by Crippen LogP contribution is 2.25. The smallest absolute Gasteiger partial charge is 0.322 e. The van der Waals surface area contributed by atoms with Crippen LogP contribution in [0.4, 0.5) is 5.95 Å². The van der Waals surface area contributed by atoms with E-state index in [1.165, 1.54) is 18.4 Å². The Morgan fingerprint density at radius 3 is 2.76 bits per heavy atom. The lowest BCUT2D eigenvalue weighted by Gasteiger charge is -2.23. The van der Waals surface area contributed by atoms with Crippen LogP contribution in [-0.4, -0.2) is 65.6 Å². The molecule has 1 aliphatic heterocycles. The molecule has 1 aliphatic rings. The van der Waals surface area contributed by atoms with E-state index >= 15 is 0 Å². The molecule has 2 aromatic heterocycles. The van der Waals surface area contributed by atoms with Crippen molar-refractivity contribution >= 4 is 21.6 Å². The summed E-state index contributed by atoms with van der Waals surface area (Å²) < 4.78 is 34.5. The van der Waals surface area contributed by atoms with E-state index in [1.54, 1.807) is 28.9 Å². The van der Waals surface area contributed by atoms with Gasteiger partial charge in [0.1, 0.15) is 6.10 Å². The van der Waals surface area contributed by atoms with Gasteiger partial charge in [-0.1, -0.05) is 32.0 Å². The molecule has 33 heavy (non-hydrogen) atoms. The molecular weight excluding hydrogens is 442 g/mol. The molecule has 0 radical (unpaired) electrons. The molecule has 2 N–H and O–H groups in total. The highest BCUT2D eigenvalue weighted by Gasteiger charge is 2.22. The van der Waals surface area contributed by atoms with E-state index in [-0.39, 0.29) is 29.5 Å². The van der Waals surface area contributed by atoms with Gasteiger partial charge in [-0.15, -0.1) is 0 Å². The second-order valence-corrected chi connectivity index (χ2v) is 10.8. The largest absolute Gasteiger partial charge is 0.459 e. The number of nitrogens with one attached hydrogen (secondary N) is 2. The van der Waals surface area contributed by atoms with Gasteiger partial charge in [-0.2, -0.15) is 19.6 Å². The fraction of sp³-hybridized carbons (Fsp3) is 0.500. The third-order valence-corrected chi connectivity index (χ3v) is 7.60. The van der Waals surface area contributed by atoms with Crippen LogP contribution in [0, 0.1) is 0 Å². The van der Waals surface area contributed by atoms with Crippen molar-refractivity contribution in [3.8, 4) is 6.01 Å². The van der Waals surface area contributed by atoms with Crippen molar-refractivity contribution in [1.82, 2.24) is 29.2 Å². The molecular formula is C22H31N7O3S. The number of hydrogen-bond acceptors (Lipinski definition) is 8. The molecule has 1 aromatic carbocycles. The number of piperidine rings is 1. The number of fused-ring (bicyclic) bond motifs is 1. The van der Waals surface area contributed by atoms with E-state index in [4.69, 9.17) is 4.74 Å². The summed E-state index contributed by atoms with van der Waals surface area (Å²) in [6.45, 7) is 6.16. The average molecular weight is 474 g/mol. The van der Waals surface area contributed by atoms with Crippen LogP contribution in [0.5, 0.6) is 6.01 Å². The predicted molar refractivity (Wildman–Crippen MR) is 126 cm³/mol. The van der Waals surface area contributed by atoms with Gasteiger partial charge in [-0.05, 0) is 36.9 Å². The molecule has 3 aromatic rings. The number of anilines is 1. The van der Waals surface area contributed by atoms with E-state index in [2.05, 4.69) is 39.5 Å². The van der Waals surface area contributed by atoms with Gasteiger partial charge in [0.25, 0.3) is 0 Å². The highest BCUT2D eigenvalue weighted by atomic mass is 32.2. The Morgan fingerprint density at radius 2 is 2.06 bits per heavy atom. The Labute approximate surface area is 194 Å². The maximum Gasteiger partial charge on any atom is 0.322 e. The molecule has 11 heteroatoms. The Morgan fingerprint density at radius 1 is 1.27 bits per heavy atom. The third-order valence-electron chi connectivity index (χ3n) is 5.69. The molecule has 178 valence electrons. The first-order valence-corrected chi connectivity index (χ1v) is 12.6. The van der Waals surface area contributed by atoms with Gasteiger partial charge < -0.3 is 15.4 Å². The SMILES string of the molecule is CC(C)c1cnn2c(NCc3ccccc3S(=O)(=O)N(C)C)nc(OC3CCCNC3)nc12. The molecule has 1 atom stereocenters. The number of nitrogens with zero attached hydrogens (tertiary/aromatic N) is 5. The summed E-state index contributed by atoms with van der Waals surface area (Å²) in [5, 5.41) is 11.1. The molecule has 4 rings (SSSR count). The molecule has 1 unspecified atom stereocenters. The van der Waals surface area contributed by atoms with Gasteiger partial charge in [0, 0.05) is 32.7 Å². The van der Waals surface area contributed by atoms with Crippen LogP contribution in [0.2, 0.25) is 0 Å². The molecule has 0 aliphatic carbocycles. The Bertz CT molecular complexity index is 1220. The lowest BCUT2D eigenvalue weighted by Crippen LogP contribution is -2.37. The van der Waals surface area contributed by atoms with Crippen molar-refractivity contribution < 1.29 is 13.2 Å². The number of hydrogen-bond donors (Lipinski definition) is 2. The molecule has 10 nitrogen and oxygen atoms in total. The van der Waals surface area contributed by atoms with Crippen LogP contribution >= 0.6 is 0 Å². The number of benzene rings is 1. The number of rotatable bonds is 8. The van der Waals surface area contributed by atoms with Crippen molar-refractivity contribution in [2.24, 2.45) is 0 Å². The van der Waals surface area contributed by atoms with E-state index in [1.807, 2.05) is 6.07 Å². The molecule has 0 bridgehead atoms. The molecule has 1 fully saturated rings. The second-order valence-electron chi connectivity index (χ2n) is 8.65. The molecule has 3 heterocycles. The quantitative estimate of drug-likeness (QED) is 0.512. The second kappa shape index (κ2) is 9.62. The summed E-state index contributed by atoms with van der Waals surface area (Å²) in [7, 11) is -0.538. The first kappa shape index (κ1) is 23.4. The van der Waals surface area contributed by atoms with E-state index < -0.39 is 10.0 Å². The molecule has 1 saturated heterocycles. The fourth-order valence-corrected chi connectivity index (χ4v) is 4.91. The van der Waals surface area contributed by atoms with Gasteiger partial charge in [0.2, 0.25) is 16.0 Å². The number of aromatic nitrogens is 4. The topological polar surface area (TPSA) is 114 Å². The minimum atomic E-state index is -3.58. The van der Waals surface area contributed by atoms with Crippen molar-refractivity contribution in [3.05, 3.63) is 41.6 Å². The first-order chi connectivity index (χ1) is 15.8. The van der Waals surface area contributed by atoms with Crippen LogP contribution < -0.4 is 15.4 Å².